The van der Waals surface area contributed by atoms with Gasteiger partial charge in [0, 0.05) is 15.5 Å². The molecule has 0 aromatic heterocycles. The molecule has 0 aliphatic heterocycles. The molecule has 2 aromatic carbocycles. The van der Waals surface area contributed by atoms with Crippen molar-refractivity contribution in [2.75, 3.05) is 0 Å². The van der Waals surface area contributed by atoms with Gasteiger partial charge in [0.15, 0.2) is 0 Å². The third-order valence-corrected chi connectivity index (χ3v) is 5.05. The van der Waals surface area contributed by atoms with Gasteiger partial charge in [0.2, 0.25) is 10.0 Å². The summed E-state index contributed by atoms with van der Waals surface area (Å²) in [6, 6.07) is 13.4. The van der Waals surface area contributed by atoms with Crippen LogP contribution in [-0.2, 0) is 10.0 Å². The zero-order chi connectivity index (χ0) is 14.8. The molecule has 106 valence electrons. The lowest BCUT2D eigenvalue weighted by molar-refractivity contribution is 0.567. The molecule has 6 heteroatoms. The third-order valence-electron chi connectivity index (χ3n) is 2.79. The molecular formula is C14H13BrClNO2S. The van der Waals surface area contributed by atoms with E-state index in [4.69, 9.17) is 11.6 Å². The number of halogens is 2. The molecule has 0 aliphatic carbocycles. The standard InChI is InChI=1S/C14H13BrClNO2S/c1-10(11-4-2-5-12(15)8-11)17-20(18,19)14-7-3-6-13(16)9-14/h2-10,17H,1H3. The normalized spacial score (nSPS) is 13.2. The van der Waals surface area contributed by atoms with Crippen molar-refractivity contribution >= 4 is 37.6 Å². The van der Waals surface area contributed by atoms with Crippen LogP contribution in [0.1, 0.15) is 18.5 Å². The molecule has 1 N–H and O–H groups in total. The molecule has 0 aliphatic rings. The Bertz CT molecular complexity index is 719. The molecule has 0 amide bonds. The number of nitrogens with one attached hydrogen (secondary N) is 1. The van der Waals surface area contributed by atoms with Gasteiger partial charge in [-0.1, -0.05) is 45.7 Å². The first-order valence-corrected chi connectivity index (χ1v) is 8.57. The van der Waals surface area contributed by atoms with Crippen molar-refractivity contribution in [1.82, 2.24) is 4.72 Å². The lowest BCUT2D eigenvalue weighted by atomic mass is 10.1. The fourth-order valence-electron chi connectivity index (χ4n) is 1.78. The second kappa shape index (κ2) is 6.26. The Labute approximate surface area is 132 Å². The highest BCUT2D eigenvalue weighted by molar-refractivity contribution is 9.10. The van der Waals surface area contributed by atoms with Crippen LogP contribution in [0, 0.1) is 0 Å². The predicted molar refractivity (Wildman–Crippen MR) is 84.3 cm³/mol. The van der Waals surface area contributed by atoms with E-state index in [0.717, 1.165) is 10.0 Å². The van der Waals surface area contributed by atoms with Crippen LogP contribution >= 0.6 is 27.5 Å². The van der Waals surface area contributed by atoms with E-state index < -0.39 is 10.0 Å². The summed E-state index contributed by atoms with van der Waals surface area (Å²) >= 11 is 9.20. The average molecular weight is 375 g/mol. The van der Waals surface area contributed by atoms with Crippen molar-refractivity contribution in [2.45, 2.75) is 17.9 Å². The summed E-state index contributed by atoms with van der Waals surface area (Å²) in [6.45, 7) is 1.80. The summed E-state index contributed by atoms with van der Waals surface area (Å²) in [7, 11) is -3.59. The van der Waals surface area contributed by atoms with E-state index in [1.165, 1.54) is 12.1 Å². The Morgan fingerprint density at radius 1 is 1.15 bits per heavy atom. The highest BCUT2D eigenvalue weighted by atomic mass is 79.9. The fourth-order valence-corrected chi connectivity index (χ4v) is 3.73. The van der Waals surface area contributed by atoms with Crippen molar-refractivity contribution in [3.63, 3.8) is 0 Å². The van der Waals surface area contributed by atoms with Crippen molar-refractivity contribution in [1.29, 1.82) is 0 Å². The molecule has 0 heterocycles. The van der Waals surface area contributed by atoms with Crippen LogP contribution in [0.3, 0.4) is 0 Å². The fraction of sp³-hybridized carbons (Fsp3) is 0.143. The first kappa shape index (κ1) is 15.5. The number of sulfonamides is 1. The Morgan fingerprint density at radius 2 is 1.85 bits per heavy atom. The Hall–Kier alpha value is -0.880. The van der Waals surface area contributed by atoms with Crippen LogP contribution in [0.25, 0.3) is 0 Å². The lowest BCUT2D eigenvalue weighted by Gasteiger charge is -2.15. The zero-order valence-corrected chi connectivity index (χ0v) is 13.8. The summed E-state index contributed by atoms with van der Waals surface area (Å²) in [6.07, 6.45) is 0. The van der Waals surface area contributed by atoms with Crippen LogP contribution < -0.4 is 4.72 Å². The van der Waals surface area contributed by atoms with Crippen LogP contribution in [0.15, 0.2) is 57.9 Å². The molecule has 1 atom stereocenters. The Kier molecular flexibility index (Phi) is 4.86. The zero-order valence-electron chi connectivity index (χ0n) is 10.7. The molecule has 0 spiro atoms. The number of hydrogen-bond donors (Lipinski definition) is 1. The van der Waals surface area contributed by atoms with Gasteiger partial charge in [-0.05, 0) is 42.8 Å². The highest BCUT2D eigenvalue weighted by Crippen LogP contribution is 2.21. The van der Waals surface area contributed by atoms with Gasteiger partial charge in [-0.25, -0.2) is 13.1 Å². The van der Waals surface area contributed by atoms with Gasteiger partial charge in [0.05, 0.1) is 4.90 Å². The highest BCUT2D eigenvalue weighted by Gasteiger charge is 2.18. The molecule has 2 aromatic rings. The molecular weight excluding hydrogens is 362 g/mol. The predicted octanol–water partition coefficient (Wildman–Crippen LogP) is 4.14. The molecule has 0 radical (unpaired) electrons. The Morgan fingerprint density at radius 3 is 2.50 bits per heavy atom. The van der Waals surface area contributed by atoms with E-state index in [1.54, 1.807) is 19.1 Å². The van der Waals surface area contributed by atoms with Crippen molar-refractivity contribution in [3.05, 3.63) is 63.6 Å². The lowest BCUT2D eigenvalue weighted by Crippen LogP contribution is -2.26. The van der Waals surface area contributed by atoms with E-state index in [-0.39, 0.29) is 10.9 Å². The second-order valence-corrected chi connectivity index (χ2v) is 7.42. The van der Waals surface area contributed by atoms with Gasteiger partial charge in [-0.2, -0.15) is 0 Å². The van der Waals surface area contributed by atoms with Crippen LogP contribution in [0.4, 0.5) is 0 Å². The minimum atomic E-state index is -3.59. The van der Waals surface area contributed by atoms with Crippen molar-refractivity contribution in [3.8, 4) is 0 Å². The van der Waals surface area contributed by atoms with Crippen molar-refractivity contribution < 1.29 is 8.42 Å². The van der Waals surface area contributed by atoms with Gasteiger partial charge < -0.3 is 0 Å². The molecule has 0 fully saturated rings. The molecule has 1 unspecified atom stereocenters. The number of hydrogen-bond acceptors (Lipinski definition) is 2. The first-order valence-electron chi connectivity index (χ1n) is 5.92. The second-order valence-electron chi connectivity index (χ2n) is 4.36. The third kappa shape index (κ3) is 3.82. The van der Waals surface area contributed by atoms with Gasteiger partial charge in [-0.15, -0.1) is 0 Å². The van der Waals surface area contributed by atoms with Gasteiger partial charge in [-0.3, -0.25) is 0 Å². The monoisotopic (exact) mass is 373 g/mol. The maximum absolute atomic E-state index is 12.3. The van der Waals surface area contributed by atoms with E-state index >= 15 is 0 Å². The molecule has 3 nitrogen and oxygen atoms in total. The van der Waals surface area contributed by atoms with Crippen molar-refractivity contribution in [2.24, 2.45) is 0 Å². The molecule has 0 saturated carbocycles. The van der Waals surface area contributed by atoms with Gasteiger partial charge >= 0.3 is 0 Å². The largest absolute Gasteiger partial charge is 0.241 e. The molecule has 0 bridgehead atoms. The topological polar surface area (TPSA) is 46.2 Å². The maximum atomic E-state index is 12.3. The maximum Gasteiger partial charge on any atom is 0.241 e. The smallest absolute Gasteiger partial charge is 0.207 e. The molecule has 0 saturated heterocycles. The van der Waals surface area contributed by atoms with Gasteiger partial charge in [0.1, 0.15) is 0 Å². The van der Waals surface area contributed by atoms with Crippen LogP contribution in [0.5, 0.6) is 0 Å². The number of benzene rings is 2. The number of rotatable bonds is 4. The van der Waals surface area contributed by atoms with E-state index in [0.29, 0.717) is 5.02 Å². The van der Waals surface area contributed by atoms with Crippen LogP contribution in [-0.4, -0.2) is 8.42 Å². The summed E-state index contributed by atoms with van der Waals surface area (Å²) in [4.78, 5) is 0.159. The minimum Gasteiger partial charge on any atom is -0.207 e. The Balaban J connectivity index is 2.24. The van der Waals surface area contributed by atoms with E-state index in [9.17, 15) is 8.42 Å². The van der Waals surface area contributed by atoms with E-state index in [2.05, 4.69) is 20.7 Å². The first-order chi connectivity index (χ1) is 9.38. The molecule has 2 rings (SSSR count). The van der Waals surface area contributed by atoms with Gasteiger partial charge in [0.25, 0.3) is 0 Å². The van der Waals surface area contributed by atoms with Crippen LogP contribution in [0.2, 0.25) is 5.02 Å². The quantitative estimate of drug-likeness (QED) is 0.874. The summed E-state index contributed by atoms with van der Waals surface area (Å²) in [5, 5.41) is 0.392. The average Bonchev–Trinajstić information content (AvgIpc) is 2.38. The molecule has 20 heavy (non-hydrogen) atoms. The SMILES string of the molecule is CC(NS(=O)(=O)c1cccc(Cl)c1)c1cccc(Br)c1. The summed E-state index contributed by atoms with van der Waals surface area (Å²) < 4.78 is 28.1. The minimum absolute atomic E-state index is 0.159. The summed E-state index contributed by atoms with van der Waals surface area (Å²) in [5.74, 6) is 0. The summed E-state index contributed by atoms with van der Waals surface area (Å²) in [5.41, 5.74) is 0.880. The van der Waals surface area contributed by atoms with E-state index in [1.807, 2.05) is 24.3 Å².